The number of anilines is 1. The summed E-state index contributed by atoms with van der Waals surface area (Å²) in [5.74, 6) is -0.336. The quantitative estimate of drug-likeness (QED) is 0.194. The molecule has 5 atom stereocenters. The Bertz CT molecular complexity index is 1370. The van der Waals surface area contributed by atoms with Crippen LogP contribution in [0.4, 0.5) is 10.2 Å². The maximum atomic E-state index is 15.7. The number of benzene rings is 1. The van der Waals surface area contributed by atoms with Crippen LogP contribution in [0.1, 0.15) is 23.0 Å². The lowest BCUT2D eigenvalue weighted by molar-refractivity contribution is -0.0470. The van der Waals surface area contributed by atoms with Gasteiger partial charge in [0.25, 0.3) is 5.91 Å². The van der Waals surface area contributed by atoms with Crippen molar-refractivity contribution in [1.82, 2.24) is 19.5 Å². The number of phosphoric ester groups is 1. The largest absolute Gasteiger partial charge is 0.475 e. The Hall–Kier alpha value is -3.57. The standard InChI is InChI=1S/C23H24FN6O7P/c1-2-10-34-38(33,35-11-6-9-25)37-19-16(12-31)36-23(17(19)24)30-14-28-18-20(26-13-27-21(18)30)29-22(32)15-7-4-3-5-8-15/h2-5,7-8,13-14,16-17,19,23,31H,1,6,10-12H2,(H,26,27,29,32)/t16-,17-,19-,23-,38?/m1/s1. The molecule has 0 spiro atoms. The number of aliphatic hydroxyl groups excluding tert-OH is 1. The summed E-state index contributed by atoms with van der Waals surface area (Å²) in [6.45, 7) is 2.26. The third kappa shape index (κ3) is 5.94. The first kappa shape index (κ1) is 27.5. The number of carbonyl (C=O) groups excluding carboxylic acids is 1. The van der Waals surface area contributed by atoms with Crippen LogP contribution < -0.4 is 5.32 Å². The lowest BCUT2D eigenvalue weighted by Gasteiger charge is -2.24. The summed E-state index contributed by atoms with van der Waals surface area (Å²) in [6, 6.07) is 10.3. The van der Waals surface area contributed by atoms with E-state index >= 15 is 4.39 Å². The molecule has 3 aromatic rings. The summed E-state index contributed by atoms with van der Waals surface area (Å²) in [5, 5.41) is 21.2. The number of alkyl halides is 1. The fourth-order valence-corrected chi connectivity index (χ4v) is 5.03. The molecular weight excluding hydrogens is 522 g/mol. The number of phosphoric acid groups is 1. The van der Waals surface area contributed by atoms with Crippen LogP contribution >= 0.6 is 7.82 Å². The Kier molecular flexibility index (Phi) is 8.90. The van der Waals surface area contributed by atoms with Crippen molar-refractivity contribution >= 4 is 30.7 Å². The zero-order valence-corrected chi connectivity index (χ0v) is 20.8. The fraction of sp³-hybridized carbons (Fsp3) is 0.348. The molecule has 2 N–H and O–H groups in total. The molecule has 15 heteroatoms. The van der Waals surface area contributed by atoms with E-state index in [9.17, 15) is 14.5 Å². The average molecular weight is 546 g/mol. The van der Waals surface area contributed by atoms with Crippen molar-refractivity contribution in [3.05, 3.63) is 61.2 Å². The second kappa shape index (κ2) is 12.3. The highest BCUT2D eigenvalue weighted by molar-refractivity contribution is 7.48. The first-order valence-electron chi connectivity index (χ1n) is 11.4. The minimum atomic E-state index is -4.36. The monoisotopic (exact) mass is 546 g/mol. The Balaban J connectivity index is 1.57. The van der Waals surface area contributed by atoms with Gasteiger partial charge in [-0.15, -0.1) is 6.58 Å². The molecule has 0 bridgehead atoms. The zero-order valence-electron chi connectivity index (χ0n) is 19.9. The van der Waals surface area contributed by atoms with Crippen LogP contribution in [0.3, 0.4) is 0 Å². The highest BCUT2D eigenvalue weighted by Crippen LogP contribution is 2.53. The van der Waals surface area contributed by atoms with Gasteiger partial charge in [-0.25, -0.2) is 23.9 Å². The van der Waals surface area contributed by atoms with Gasteiger partial charge in [0.2, 0.25) is 0 Å². The zero-order chi connectivity index (χ0) is 27.1. The van der Waals surface area contributed by atoms with Crippen molar-refractivity contribution in [1.29, 1.82) is 5.26 Å². The van der Waals surface area contributed by atoms with Gasteiger partial charge in [-0.2, -0.15) is 5.26 Å². The van der Waals surface area contributed by atoms with Crippen molar-refractivity contribution < 1.29 is 37.2 Å². The van der Waals surface area contributed by atoms with Crippen molar-refractivity contribution in [2.75, 3.05) is 25.1 Å². The van der Waals surface area contributed by atoms with Crippen molar-refractivity contribution in [2.45, 2.75) is 31.0 Å². The highest BCUT2D eigenvalue weighted by Gasteiger charge is 2.51. The van der Waals surface area contributed by atoms with E-state index in [1.165, 1.54) is 23.3 Å². The topological polar surface area (TPSA) is 171 Å². The summed E-state index contributed by atoms with van der Waals surface area (Å²) >= 11 is 0. The number of nitrogens with zero attached hydrogens (tertiary/aromatic N) is 5. The summed E-state index contributed by atoms with van der Waals surface area (Å²) < 4.78 is 51.4. The smallest absolute Gasteiger partial charge is 0.394 e. The van der Waals surface area contributed by atoms with Crippen molar-refractivity contribution in [3.63, 3.8) is 0 Å². The molecule has 2 aromatic heterocycles. The number of fused-ring (bicyclic) bond motifs is 1. The number of aromatic nitrogens is 4. The minimum absolute atomic E-state index is 0.0933. The van der Waals surface area contributed by atoms with Gasteiger partial charge in [-0.3, -0.25) is 22.9 Å². The minimum Gasteiger partial charge on any atom is -0.394 e. The van der Waals surface area contributed by atoms with Crippen molar-refractivity contribution in [3.8, 4) is 6.07 Å². The number of imidazole rings is 1. The number of amides is 1. The Labute approximate surface area is 216 Å². The molecule has 4 rings (SSSR count). The molecule has 0 radical (unpaired) electrons. The lowest BCUT2D eigenvalue weighted by Crippen LogP contribution is -2.33. The van der Waals surface area contributed by atoms with Crippen LogP contribution in [0.2, 0.25) is 0 Å². The molecule has 1 aliphatic heterocycles. The first-order chi connectivity index (χ1) is 18.4. The first-order valence-corrected chi connectivity index (χ1v) is 12.9. The second-order valence-electron chi connectivity index (χ2n) is 7.90. The number of carbonyl (C=O) groups is 1. The van der Waals surface area contributed by atoms with E-state index < -0.39 is 44.9 Å². The Morgan fingerprint density at radius 1 is 1.32 bits per heavy atom. The Morgan fingerprint density at radius 3 is 2.82 bits per heavy atom. The van der Waals surface area contributed by atoms with Crippen LogP contribution in [-0.2, 0) is 22.9 Å². The van der Waals surface area contributed by atoms with Gasteiger partial charge in [0, 0.05) is 5.56 Å². The normalized spacial score (nSPS) is 22.6. The number of nitrogens with one attached hydrogen (secondary N) is 1. The van der Waals surface area contributed by atoms with Gasteiger partial charge in [-0.05, 0) is 12.1 Å². The van der Waals surface area contributed by atoms with Gasteiger partial charge in [0.15, 0.2) is 29.4 Å². The van der Waals surface area contributed by atoms with Crippen LogP contribution in [0.25, 0.3) is 11.2 Å². The molecule has 0 saturated carbocycles. The average Bonchev–Trinajstić information content (AvgIpc) is 3.49. The number of aliphatic hydroxyl groups is 1. The number of nitriles is 1. The van der Waals surface area contributed by atoms with Crippen LogP contribution in [-0.4, -0.2) is 68.7 Å². The van der Waals surface area contributed by atoms with Crippen LogP contribution in [0.15, 0.2) is 55.6 Å². The maximum Gasteiger partial charge on any atom is 0.475 e. The van der Waals surface area contributed by atoms with E-state index in [1.54, 1.807) is 30.3 Å². The summed E-state index contributed by atoms with van der Waals surface area (Å²) in [7, 11) is -4.36. The van der Waals surface area contributed by atoms with E-state index in [0.29, 0.717) is 5.56 Å². The molecule has 1 aromatic carbocycles. The second-order valence-corrected chi connectivity index (χ2v) is 9.52. The maximum absolute atomic E-state index is 15.7. The Morgan fingerprint density at radius 2 is 2.11 bits per heavy atom. The van der Waals surface area contributed by atoms with E-state index in [-0.39, 0.29) is 36.6 Å². The predicted molar refractivity (Wildman–Crippen MR) is 130 cm³/mol. The van der Waals surface area contributed by atoms with Gasteiger partial charge in [0.1, 0.15) is 18.5 Å². The van der Waals surface area contributed by atoms with E-state index in [0.717, 1.165) is 0 Å². The molecule has 1 aliphatic rings. The number of ether oxygens (including phenoxy) is 1. The molecule has 1 fully saturated rings. The molecule has 1 unspecified atom stereocenters. The lowest BCUT2D eigenvalue weighted by atomic mass is 10.1. The number of hydrogen-bond donors (Lipinski definition) is 2. The molecular formula is C23H24FN6O7P. The molecule has 1 amide bonds. The number of rotatable bonds is 12. The van der Waals surface area contributed by atoms with Crippen LogP contribution in [0, 0.1) is 11.3 Å². The summed E-state index contributed by atoms with van der Waals surface area (Å²) in [4.78, 5) is 25.0. The van der Waals surface area contributed by atoms with Crippen LogP contribution in [0.5, 0.6) is 0 Å². The summed E-state index contributed by atoms with van der Waals surface area (Å²) in [6.07, 6.45) is -2.63. The highest BCUT2D eigenvalue weighted by atomic mass is 31.2. The van der Waals surface area contributed by atoms with Gasteiger partial charge >= 0.3 is 7.82 Å². The molecule has 13 nitrogen and oxygen atoms in total. The number of halogens is 1. The molecule has 200 valence electrons. The predicted octanol–water partition coefficient (Wildman–Crippen LogP) is 2.93. The molecule has 1 saturated heterocycles. The third-order valence-corrected chi connectivity index (χ3v) is 6.88. The van der Waals surface area contributed by atoms with E-state index in [1.807, 2.05) is 6.07 Å². The van der Waals surface area contributed by atoms with Gasteiger partial charge in [-0.1, -0.05) is 24.3 Å². The van der Waals surface area contributed by atoms with E-state index in [2.05, 4.69) is 26.8 Å². The SMILES string of the molecule is C=CCOP(=O)(OCCC#N)O[C@H]1[C@@H](F)[C@H](n2cnc3c(NC(=O)c4ccccc4)ncnc32)O[C@@H]1CO. The number of hydrogen-bond acceptors (Lipinski definition) is 11. The molecule has 3 heterocycles. The van der Waals surface area contributed by atoms with Gasteiger partial charge < -0.3 is 15.2 Å². The fourth-order valence-electron chi connectivity index (χ4n) is 3.68. The van der Waals surface area contributed by atoms with Gasteiger partial charge in [0.05, 0.1) is 38.6 Å². The third-order valence-electron chi connectivity index (χ3n) is 5.41. The van der Waals surface area contributed by atoms with E-state index in [4.69, 9.17) is 23.6 Å². The molecule has 38 heavy (non-hydrogen) atoms. The molecule has 0 aliphatic carbocycles. The summed E-state index contributed by atoms with van der Waals surface area (Å²) in [5.41, 5.74) is 0.689. The van der Waals surface area contributed by atoms with Crippen molar-refractivity contribution in [2.24, 2.45) is 0 Å².